The molecule has 0 fully saturated rings. The number of ether oxygens (including phenoxy) is 2. The maximum absolute atomic E-state index is 13.4. The van der Waals surface area contributed by atoms with Crippen molar-refractivity contribution in [3.8, 4) is 17.2 Å². The Hall–Kier alpha value is -4.98. The Morgan fingerprint density at radius 2 is 1.45 bits per heavy atom. The van der Waals surface area contributed by atoms with E-state index in [4.69, 9.17) is 9.47 Å². The van der Waals surface area contributed by atoms with E-state index in [0.717, 1.165) is 22.7 Å². The predicted octanol–water partition coefficient (Wildman–Crippen LogP) is 7.44. The third-order valence-corrected chi connectivity index (χ3v) is 5.91. The van der Waals surface area contributed by atoms with Crippen molar-refractivity contribution < 1.29 is 19.1 Å². The second-order valence-corrected chi connectivity index (χ2v) is 9.05. The van der Waals surface area contributed by atoms with Gasteiger partial charge in [0.15, 0.2) is 0 Å². The molecule has 0 aliphatic rings. The van der Waals surface area contributed by atoms with Crippen LogP contribution in [0.15, 0.2) is 103 Å². The average Bonchev–Trinajstić information content (AvgIpc) is 2.95. The highest BCUT2D eigenvalue weighted by atomic mass is 16.5. The Bertz CT molecular complexity index is 1380. The molecule has 0 aromatic heterocycles. The lowest BCUT2D eigenvalue weighted by atomic mass is 10.2. The number of nitrogens with one attached hydrogen (secondary N) is 3. The maximum atomic E-state index is 13.4. The lowest BCUT2D eigenvalue weighted by Crippen LogP contribution is -2.38. The van der Waals surface area contributed by atoms with E-state index >= 15 is 0 Å². The van der Waals surface area contributed by atoms with E-state index in [1.54, 1.807) is 17.0 Å². The van der Waals surface area contributed by atoms with Gasteiger partial charge in [0.25, 0.3) is 0 Å². The highest BCUT2D eigenvalue weighted by Gasteiger charge is 2.16. The molecule has 0 bridgehead atoms. The number of aryl methyl sites for hydroxylation is 1. The minimum absolute atomic E-state index is 0.287. The van der Waals surface area contributed by atoms with Crippen LogP contribution in [-0.4, -0.2) is 31.8 Å². The number of rotatable bonds is 11. The monoisotopic (exact) mass is 538 g/mol. The molecule has 0 aliphatic heterocycles. The van der Waals surface area contributed by atoms with Gasteiger partial charge in [-0.1, -0.05) is 30.3 Å². The Balaban J connectivity index is 1.39. The summed E-state index contributed by atoms with van der Waals surface area (Å²) in [5.74, 6) is 2.13. The lowest BCUT2D eigenvalue weighted by Gasteiger charge is -2.24. The number of nitrogens with zero attached hydrogens (tertiary/aromatic N) is 1. The topological polar surface area (TPSA) is 91.9 Å². The molecule has 4 aromatic rings. The first-order valence-corrected chi connectivity index (χ1v) is 13.3. The summed E-state index contributed by atoms with van der Waals surface area (Å²) in [6, 6.07) is 31.1. The Kier molecular flexibility index (Phi) is 9.99. The van der Waals surface area contributed by atoms with E-state index in [2.05, 4.69) is 16.0 Å². The van der Waals surface area contributed by atoms with Crippen molar-refractivity contribution in [3.05, 3.63) is 109 Å². The van der Waals surface area contributed by atoms with Crippen LogP contribution in [0.25, 0.3) is 0 Å². The molecular formula is C32H34N4O4. The summed E-state index contributed by atoms with van der Waals surface area (Å²) < 4.78 is 11.4. The van der Waals surface area contributed by atoms with Gasteiger partial charge in [0.2, 0.25) is 0 Å². The summed E-state index contributed by atoms with van der Waals surface area (Å²) >= 11 is 0. The molecule has 0 atom stereocenters. The summed E-state index contributed by atoms with van der Waals surface area (Å²) in [6.07, 6.45) is 0.542. The van der Waals surface area contributed by atoms with E-state index < -0.39 is 0 Å². The number of benzene rings is 4. The lowest BCUT2D eigenvalue weighted by molar-refractivity contribution is 0.252. The third kappa shape index (κ3) is 8.52. The molecule has 8 nitrogen and oxygen atoms in total. The molecule has 0 saturated carbocycles. The molecule has 8 heteroatoms. The van der Waals surface area contributed by atoms with Crippen LogP contribution in [0.5, 0.6) is 17.2 Å². The number of carbonyl (C=O) groups excluding carboxylic acids is 2. The largest absolute Gasteiger partial charge is 0.494 e. The molecule has 0 unspecified atom stereocenters. The van der Waals surface area contributed by atoms with Crippen LogP contribution in [0.2, 0.25) is 0 Å². The van der Waals surface area contributed by atoms with Crippen LogP contribution in [0.4, 0.5) is 26.7 Å². The Morgan fingerprint density at radius 1 is 0.750 bits per heavy atom. The molecule has 0 radical (unpaired) electrons. The SMILES string of the molecule is CCOc1ccc(NC(=O)N(CCCNC(=O)Nc2cccc(C)c2)c2ccc(Oc3ccccc3)cc2)cc1. The summed E-state index contributed by atoms with van der Waals surface area (Å²) in [6.45, 7) is 5.23. The first-order chi connectivity index (χ1) is 19.5. The predicted molar refractivity (Wildman–Crippen MR) is 160 cm³/mol. The van der Waals surface area contributed by atoms with Crippen molar-refractivity contribution in [2.24, 2.45) is 0 Å². The summed E-state index contributed by atoms with van der Waals surface area (Å²) in [5, 5.41) is 8.64. The van der Waals surface area contributed by atoms with Gasteiger partial charge in [-0.25, -0.2) is 9.59 Å². The first-order valence-electron chi connectivity index (χ1n) is 13.3. The number of urea groups is 2. The zero-order chi connectivity index (χ0) is 28.2. The summed E-state index contributed by atoms with van der Waals surface area (Å²) in [7, 11) is 0. The van der Waals surface area contributed by atoms with Crippen LogP contribution in [0.1, 0.15) is 18.9 Å². The molecule has 40 heavy (non-hydrogen) atoms. The van der Waals surface area contributed by atoms with E-state index in [0.29, 0.717) is 43.2 Å². The highest BCUT2D eigenvalue weighted by molar-refractivity contribution is 6.01. The van der Waals surface area contributed by atoms with E-state index in [1.165, 1.54) is 0 Å². The van der Waals surface area contributed by atoms with Crippen molar-refractivity contribution in [2.75, 3.05) is 35.2 Å². The molecule has 0 aliphatic carbocycles. The molecule has 4 amide bonds. The molecule has 206 valence electrons. The number of anilines is 3. The quantitative estimate of drug-likeness (QED) is 0.173. The van der Waals surface area contributed by atoms with Gasteiger partial charge in [-0.2, -0.15) is 0 Å². The van der Waals surface area contributed by atoms with Gasteiger partial charge in [0, 0.05) is 30.2 Å². The average molecular weight is 539 g/mol. The fourth-order valence-electron chi connectivity index (χ4n) is 4.00. The number of carbonyl (C=O) groups is 2. The minimum Gasteiger partial charge on any atom is -0.494 e. The number of hydrogen-bond acceptors (Lipinski definition) is 4. The normalized spacial score (nSPS) is 10.3. The van der Waals surface area contributed by atoms with Crippen LogP contribution >= 0.6 is 0 Å². The smallest absolute Gasteiger partial charge is 0.326 e. The van der Waals surface area contributed by atoms with E-state index in [-0.39, 0.29) is 12.1 Å². The van der Waals surface area contributed by atoms with E-state index in [1.807, 2.05) is 105 Å². The van der Waals surface area contributed by atoms with Crippen molar-refractivity contribution in [1.29, 1.82) is 0 Å². The van der Waals surface area contributed by atoms with Gasteiger partial charge in [-0.05, 0) is 98.6 Å². The van der Waals surface area contributed by atoms with Gasteiger partial charge in [-0.15, -0.1) is 0 Å². The van der Waals surface area contributed by atoms with Gasteiger partial charge >= 0.3 is 12.1 Å². The van der Waals surface area contributed by atoms with E-state index in [9.17, 15) is 9.59 Å². The maximum Gasteiger partial charge on any atom is 0.326 e. The standard InChI is InChI=1S/C32H34N4O4/c1-3-39-28-17-13-25(14-18-28)35-32(38)36(22-8-21-33-31(37)34-26-10-7-9-24(2)23-26)27-15-19-30(20-16-27)40-29-11-5-4-6-12-29/h4-7,9-20,23H,3,8,21-22H2,1-2H3,(H,35,38)(H2,33,34,37). The van der Waals surface area contributed by atoms with Crippen LogP contribution in [0, 0.1) is 6.92 Å². The second-order valence-electron chi connectivity index (χ2n) is 9.05. The fraction of sp³-hybridized carbons (Fsp3) is 0.188. The fourth-order valence-corrected chi connectivity index (χ4v) is 4.00. The highest BCUT2D eigenvalue weighted by Crippen LogP contribution is 2.25. The number of amides is 4. The van der Waals surface area contributed by atoms with Crippen molar-refractivity contribution >= 4 is 29.1 Å². The third-order valence-electron chi connectivity index (χ3n) is 5.91. The molecule has 0 saturated heterocycles. The van der Waals surface area contributed by atoms with Crippen LogP contribution in [-0.2, 0) is 0 Å². The Morgan fingerprint density at radius 3 is 2.15 bits per heavy atom. The molecule has 4 aromatic carbocycles. The molecular weight excluding hydrogens is 504 g/mol. The van der Waals surface area contributed by atoms with Gasteiger partial charge in [0.1, 0.15) is 17.2 Å². The van der Waals surface area contributed by atoms with Crippen LogP contribution < -0.4 is 30.3 Å². The number of para-hydroxylation sites is 1. The molecule has 3 N–H and O–H groups in total. The minimum atomic E-state index is -0.293. The zero-order valence-corrected chi connectivity index (χ0v) is 22.7. The zero-order valence-electron chi connectivity index (χ0n) is 22.7. The van der Waals surface area contributed by atoms with Gasteiger partial charge in [0.05, 0.1) is 6.61 Å². The van der Waals surface area contributed by atoms with Crippen molar-refractivity contribution in [1.82, 2.24) is 5.32 Å². The number of hydrogen-bond donors (Lipinski definition) is 3. The Labute approximate surface area is 234 Å². The molecule has 0 spiro atoms. The molecule has 4 rings (SSSR count). The first kappa shape index (κ1) is 28.0. The van der Waals surface area contributed by atoms with Gasteiger partial charge < -0.3 is 25.4 Å². The van der Waals surface area contributed by atoms with Crippen molar-refractivity contribution in [2.45, 2.75) is 20.3 Å². The van der Waals surface area contributed by atoms with Crippen LogP contribution in [0.3, 0.4) is 0 Å². The van der Waals surface area contributed by atoms with Crippen molar-refractivity contribution in [3.63, 3.8) is 0 Å². The summed E-state index contributed by atoms with van der Waals surface area (Å²) in [4.78, 5) is 27.3. The second kappa shape index (κ2) is 14.2. The molecule has 0 heterocycles. The van der Waals surface area contributed by atoms with Gasteiger partial charge in [-0.3, -0.25) is 4.90 Å². The summed E-state index contributed by atoms with van der Waals surface area (Å²) in [5.41, 5.74) is 3.14.